The van der Waals surface area contributed by atoms with E-state index in [1.54, 1.807) is 6.92 Å². The predicted molar refractivity (Wildman–Crippen MR) is 38.3 cm³/mol. The summed E-state index contributed by atoms with van der Waals surface area (Å²) in [6.45, 7) is 1.75. The van der Waals surface area contributed by atoms with E-state index in [2.05, 4.69) is 9.99 Å². The number of hydrogen-bond donors (Lipinski definition) is 0. The third-order valence-electron chi connectivity index (χ3n) is 1.50. The van der Waals surface area contributed by atoms with Gasteiger partial charge in [0.05, 0.1) is 5.71 Å². The van der Waals surface area contributed by atoms with E-state index in [0.717, 1.165) is 0 Å². The molecule has 0 aromatic heterocycles. The van der Waals surface area contributed by atoms with Crippen molar-refractivity contribution < 1.29 is 27.6 Å². The average Bonchev–Trinajstić information content (AvgIpc) is 2.52. The first-order valence-electron chi connectivity index (χ1n) is 3.73. The van der Waals surface area contributed by atoms with E-state index in [9.17, 15) is 13.2 Å². The van der Waals surface area contributed by atoms with Crippen LogP contribution in [0.25, 0.3) is 0 Å². The van der Waals surface area contributed by atoms with Crippen LogP contribution < -0.4 is 0 Å². The van der Waals surface area contributed by atoms with E-state index in [-0.39, 0.29) is 12.6 Å². The number of halogens is 3. The molecule has 80 valence electrons. The van der Waals surface area contributed by atoms with Crippen LogP contribution >= 0.6 is 0 Å². The molecule has 0 saturated carbocycles. The standard InChI is InChI=1S/C6H8F3NO.CO2/c1-2-4-3-5(11-10-4)6(7,8)9;2-1-3/h5H,2-3H2,1H3;. The summed E-state index contributed by atoms with van der Waals surface area (Å²) in [5, 5.41) is 3.30. The van der Waals surface area contributed by atoms with Crippen LogP contribution in [0, 0.1) is 0 Å². The molecule has 1 aliphatic rings. The fraction of sp³-hybridized carbons (Fsp3) is 0.714. The highest BCUT2D eigenvalue weighted by atomic mass is 19.4. The Kier molecular flexibility index (Phi) is 4.86. The second-order valence-corrected chi connectivity index (χ2v) is 2.43. The molecule has 0 aromatic carbocycles. The molecule has 0 saturated heterocycles. The van der Waals surface area contributed by atoms with Gasteiger partial charge < -0.3 is 4.84 Å². The quantitative estimate of drug-likeness (QED) is 0.660. The van der Waals surface area contributed by atoms with Crippen LogP contribution in [0.2, 0.25) is 0 Å². The number of alkyl halides is 3. The molecule has 1 unspecified atom stereocenters. The van der Waals surface area contributed by atoms with Crippen molar-refractivity contribution in [1.29, 1.82) is 0 Å². The monoisotopic (exact) mass is 211 g/mol. The SMILES string of the molecule is CCC1=NOC(C(F)(F)F)C1.O=C=O. The van der Waals surface area contributed by atoms with Gasteiger partial charge >= 0.3 is 12.3 Å². The molecule has 1 heterocycles. The number of carbonyl (C=O) groups excluding carboxylic acids is 2. The van der Waals surface area contributed by atoms with Crippen molar-refractivity contribution in [3.8, 4) is 0 Å². The van der Waals surface area contributed by atoms with Crippen LogP contribution in [0.15, 0.2) is 5.16 Å². The van der Waals surface area contributed by atoms with Crippen molar-refractivity contribution in [2.75, 3.05) is 0 Å². The Bertz CT molecular complexity index is 243. The van der Waals surface area contributed by atoms with E-state index < -0.39 is 12.3 Å². The van der Waals surface area contributed by atoms with E-state index in [0.29, 0.717) is 12.1 Å². The van der Waals surface area contributed by atoms with Gasteiger partial charge in [0, 0.05) is 6.42 Å². The van der Waals surface area contributed by atoms with Gasteiger partial charge in [0.1, 0.15) is 0 Å². The Balaban J connectivity index is 0.000000500. The summed E-state index contributed by atoms with van der Waals surface area (Å²) >= 11 is 0. The zero-order valence-electron chi connectivity index (χ0n) is 7.30. The van der Waals surface area contributed by atoms with Crippen LogP contribution in [0.4, 0.5) is 13.2 Å². The molecule has 0 aliphatic carbocycles. The normalized spacial score (nSPS) is 20.0. The molecule has 1 rings (SSSR count). The molecule has 4 nitrogen and oxygen atoms in total. The van der Waals surface area contributed by atoms with Crippen molar-refractivity contribution in [2.24, 2.45) is 5.16 Å². The molecule has 1 atom stereocenters. The van der Waals surface area contributed by atoms with Crippen molar-refractivity contribution >= 4 is 11.9 Å². The van der Waals surface area contributed by atoms with E-state index in [4.69, 9.17) is 9.59 Å². The fourth-order valence-electron chi connectivity index (χ4n) is 0.811. The first-order valence-corrected chi connectivity index (χ1v) is 3.73. The van der Waals surface area contributed by atoms with Crippen molar-refractivity contribution in [1.82, 2.24) is 0 Å². The van der Waals surface area contributed by atoms with Crippen LogP contribution in [-0.4, -0.2) is 24.1 Å². The fourth-order valence-corrected chi connectivity index (χ4v) is 0.811. The van der Waals surface area contributed by atoms with E-state index in [1.807, 2.05) is 0 Å². The molecule has 0 aromatic rings. The lowest BCUT2D eigenvalue weighted by atomic mass is 10.1. The van der Waals surface area contributed by atoms with Crippen molar-refractivity contribution in [3.05, 3.63) is 0 Å². The van der Waals surface area contributed by atoms with Gasteiger partial charge in [-0.1, -0.05) is 12.1 Å². The van der Waals surface area contributed by atoms with Crippen molar-refractivity contribution in [2.45, 2.75) is 32.0 Å². The van der Waals surface area contributed by atoms with Gasteiger partial charge in [-0.2, -0.15) is 22.8 Å². The summed E-state index contributed by atoms with van der Waals surface area (Å²) in [7, 11) is 0. The molecule has 0 fully saturated rings. The molecule has 0 amide bonds. The van der Waals surface area contributed by atoms with E-state index in [1.165, 1.54) is 0 Å². The summed E-state index contributed by atoms with van der Waals surface area (Å²) in [5.74, 6) is 0. The lowest BCUT2D eigenvalue weighted by Crippen LogP contribution is -2.28. The third kappa shape index (κ3) is 4.04. The van der Waals surface area contributed by atoms with Gasteiger partial charge in [0.2, 0.25) is 6.10 Å². The second-order valence-electron chi connectivity index (χ2n) is 2.43. The number of hydrogen-bond acceptors (Lipinski definition) is 4. The maximum Gasteiger partial charge on any atom is 0.428 e. The molecule has 0 spiro atoms. The summed E-state index contributed by atoms with van der Waals surface area (Å²) in [5.41, 5.74) is 0.479. The smallest absolute Gasteiger partial charge is 0.382 e. The molecule has 0 radical (unpaired) electrons. The topological polar surface area (TPSA) is 55.7 Å². The molecular formula is C7H8F3NO3. The number of nitrogens with zero attached hydrogens (tertiary/aromatic N) is 1. The maximum absolute atomic E-state index is 11.9. The molecule has 0 bridgehead atoms. The highest BCUT2D eigenvalue weighted by Crippen LogP contribution is 2.29. The lowest BCUT2D eigenvalue weighted by molar-refractivity contribution is -0.212. The largest absolute Gasteiger partial charge is 0.428 e. The zero-order valence-corrected chi connectivity index (χ0v) is 7.30. The van der Waals surface area contributed by atoms with Gasteiger partial charge in [0.15, 0.2) is 0 Å². The van der Waals surface area contributed by atoms with Crippen LogP contribution in [0.3, 0.4) is 0 Å². The minimum Gasteiger partial charge on any atom is -0.382 e. The Labute approximate surface area is 77.7 Å². The maximum atomic E-state index is 11.9. The Morgan fingerprint density at radius 2 is 2.07 bits per heavy atom. The van der Waals surface area contributed by atoms with Gasteiger partial charge in [-0.15, -0.1) is 0 Å². The van der Waals surface area contributed by atoms with Gasteiger partial charge in [0.25, 0.3) is 0 Å². The molecule has 1 aliphatic heterocycles. The Hall–Kier alpha value is -1.36. The third-order valence-corrected chi connectivity index (χ3v) is 1.50. The molecule has 14 heavy (non-hydrogen) atoms. The Morgan fingerprint density at radius 1 is 1.57 bits per heavy atom. The predicted octanol–water partition coefficient (Wildman–Crippen LogP) is 1.52. The zero-order chi connectivity index (χ0) is 11.2. The van der Waals surface area contributed by atoms with Crippen LogP contribution in [-0.2, 0) is 14.4 Å². The summed E-state index contributed by atoms with van der Waals surface area (Å²) < 4.78 is 35.6. The Morgan fingerprint density at radius 3 is 2.29 bits per heavy atom. The lowest BCUT2D eigenvalue weighted by Gasteiger charge is -2.11. The number of oxime groups is 1. The first kappa shape index (κ1) is 12.6. The highest BCUT2D eigenvalue weighted by Gasteiger charge is 2.45. The molecular weight excluding hydrogens is 203 g/mol. The van der Waals surface area contributed by atoms with Crippen LogP contribution in [0.1, 0.15) is 19.8 Å². The summed E-state index contributed by atoms with van der Waals surface area (Å²) in [6.07, 6.45) is -5.33. The first-order chi connectivity index (χ1) is 6.45. The minimum atomic E-state index is -4.28. The molecule has 0 N–H and O–H groups in total. The summed E-state index contributed by atoms with van der Waals surface area (Å²) in [4.78, 5) is 20.4. The van der Waals surface area contributed by atoms with Gasteiger partial charge in [-0.05, 0) is 6.42 Å². The van der Waals surface area contributed by atoms with E-state index >= 15 is 0 Å². The molecule has 7 heteroatoms. The van der Waals surface area contributed by atoms with Crippen LogP contribution in [0.5, 0.6) is 0 Å². The highest BCUT2D eigenvalue weighted by molar-refractivity contribution is 5.85. The number of rotatable bonds is 1. The average molecular weight is 211 g/mol. The van der Waals surface area contributed by atoms with Crippen molar-refractivity contribution in [3.63, 3.8) is 0 Å². The second kappa shape index (κ2) is 5.39. The summed E-state index contributed by atoms with van der Waals surface area (Å²) in [6, 6.07) is 0. The van der Waals surface area contributed by atoms with Gasteiger partial charge in [-0.3, -0.25) is 0 Å². The van der Waals surface area contributed by atoms with Gasteiger partial charge in [-0.25, -0.2) is 0 Å². The minimum absolute atomic E-state index is 0.111.